The highest BCUT2D eigenvalue weighted by atomic mass is 32.2. The van der Waals surface area contributed by atoms with Crippen LogP contribution in [0.15, 0.2) is 18.3 Å². The third kappa shape index (κ3) is 3.53. The molecule has 0 radical (unpaired) electrons. The topological polar surface area (TPSA) is 50.9 Å². The van der Waals surface area contributed by atoms with Gasteiger partial charge in [0.1, 0.15) is 5.82 Å². The van der Waals surface area contributed by atoms with Gasteiger partial charge in [-0.15, -0.1) is 0 Å². The molecule has 0 aliphatic carbocycles. The van der Waals surface area contributed by atoms with Crippen LogP contribution in [0.5, 0.6) is 0 Å². The second kappa shape index (κ2) is 6.52. The summed E-state index contributed by atoms with van der Waals surface area (Å²) < 4.78 is 0. The number of nitrogens with two attached hydrogens (primary N) is 1. The third-order valence-electron chi connectivity index (χ3n) is 3.03. The van der Waals surface area contributed by atoms with Gasteiger partial charge in [-0.3, -0.25) is 0 Å². The molecule has 2 unspecified atom stereocenters. The fraction of sp³-hybridized carbons (Fsp3) is 0.583. The van der Waals surface area contributed by atoms with Crippen LogP contribution in [0.1, 0.15) is 5.56 Å². The van der Waals surface area contributed by atoms with Gasteiger partial charge in [0.15, 0.2) is 0 Å². The van der Waals surface area contributed by atoms with Gasteiger partial charge in [-0.1, -0.05) is 6.07 Å². The largest absolute Gasteiger partial charge is 0.383 e. The Morgan fingerprint density at radius 3 is 3.12 bits per heavy atom. The number of anilines is 1. The quantitative estimate of drug-likeness (QED) is 0.870. The molecular formula is C12H19N3S2. The highest BCUT2D eigenvalue weighted by Crippen LogP contribution is 2.28. The number of likely N-dealkylation sites (N-methyl/N-ethyl adjacent to an activating group) is 1. The van der Waals surface area contributed by atoms with Crippen LogP contribution in [-0.4, -0.2) is 40.6 Å². The van der Waals surface area contributed by atoms with Crippen molar-refractivity contribution >= 4 is 29.3 Å². The maximum atomic E-state index is 5.90. The van der Waals surface area contributed by atoms with Crippen molar-refractivity contribution in [1.29, 1.82) is 0 Å². The molecule has 0 spiro atoms. The average molecular weight is 269 g/mol. The summed E-state index contributed by atoms with van der Waals surface area (Å²) in [6, 6.07) is 4.52. The molecule has 0 amide bonds. The molecule has 2 rings (SSSR count). The van der Waals surface area contributed by atoms with Crippen LogP contribution in [0.3, 0.4) is 0 Å². The van der Waals surface area contributed by atoms with Crippen molar-refractivity contribution in [2.75, 3.05) is 30.0 Å². The normalized spacial score (nSPS) is 22.3. The lowest BCUT2D eigenvalue weighted by molar-refractivity contribution is 0.557. The fourth-order valence-corrected chi connectivity index (χ4v) is 4.95. The Hall–Kier alpha value is -0.390. The van der Waals surface area contributed by atoms with Gasteiger partial charge >= 0.3 is 0 Å². The molecule has 1 aromatic rings. The van der Waals surface area contributed by atoms with Gasteiger partial charge in [0.2, 0.25) is 0 Å². The molecule has 17 heavy (non-hydrogen) atoms. The molecule has 5 heteroatoms. The number of nitrogen functional groups attached to an aromatic ring is 1. The number of hydrogen-bond acceptors (Lipinski definition) is 5. The molecule has 3 nitrogen and oxygen atoms in total. The fourth-order valence-electron chi connectivity index (χ4n) is 2.02. The van der Waals surface area contributed by atoms with Crippen LogP contribution < -0.4 is 11.1 Å². The van der Waals surface area contributed by atoms with Crippen molar-refractivity contribution in [3.8, 4) is 0 Å². The molecule has 0 aromatic carbocycles. The molecule has 2 atom stereocenters. The Kier molecular flexibility index (Phi) is 5.00. The Bertz CT molecular complexity index is 353. The van der Waals surface area contributed by atoms with E-state index in [4.69, 9.17) is 5.73 Å². The van der Waals surface area contributed by atoms with Crippen molar-refractivity contribution < 1.29 is 0 Å². The van der Waals surface area contributed by atoms with E-state index in [0.717, 1.165) is 12.0 Å². The van der Waals surface area contributed by atoms with Gasteiger partial charge in [-0.05, 0) is 25.1 Å². The van der Waals surface area contributed by atoms with Crippen LogP contribution in [0, 0.1) is 0 Å². The van der Waals surface area contributed by atoms with E-state index >= 15 is 0 Å². The number of rotatable bonds is 4. The summed E-state index contributed by atoms with van der Waals surface area (Å²) in [7, 11) is 2.04. The van der Waals surface area contributed by atoms with Crippen LogP contribution in [0.2, 0.25) is 0 Å². The lowest BCUT2D eigenvalue weighted by Gasteiger charge is -2.29. The molecule has 1 aliphatic heterocycles. The van der Waals surface area contributed by atoms with Crippen LogP contribution >= 0.6 is 23.5 Å². The smallest absolute Gasteiger partial charge is 0.126 e. The summed E-state index contributed by atoms with van der Waals surface area (Å²) in [6.45, 7) is 0. The first kappa shape index (κ1) is 13.1. The third-order valence-corrected chi connectivity index (χ3v) is 5.95. The number of pyridine rings is 1. The SMILES string of the molecule is CNC(Cc1cccnc1N)C1CSCCS1. The number of hydrogen-bond donors (Lipinski definition) is 2. The second-order valence-electron chi connectivity index (χ2n) is 4.13. The summed E-state index contributed by atoms with van der Waals surface area (Å²) >= 11 is 4.13. The van der Waals surface area contributed by atoms with Crippen LogP contribution in [-0.2, 0) is 6.42 Å². The van der Waals surface area contributed by atoms with E-state index in [1.54, 1.807) is 6.20 Å². The highest BCUT2D eigenvalue weighted by molar-refractivity contribution is 8.06. The van der Waals surface area contributed by atoms with Gasteiger partial charge in [-0.25, -0.2) is 4.98 Å². The summed E-state index contributed by atoms with van der Waals surface area (Å²) in [5, 5.41) is 4.11. The number of aromatic nitrogens is 1. The molecule has 0 saturated carbocycles. The maximum absolute atomic E-state index is 5.90. The van der Waals surface area contributed by atoms with Crippen molar-refractivity contribution in [3.63, 3.8) is 0 Å². The van der Waals surface area contributed by atoms with Crippen molar-refractivity contribution in [2.24, 2.45) is 0 Å². The molecule has 1 aliphatic rings. The van der Waals surface area contributed by atoms with Crippen molar-refractivity contribution in [2.45, 2.75) is 17.7 Å². The molecule has 94 valence electrons. The number of nitrogens with one attached hydrogen (secondary N) is 1. The van der Waals surface area contributed by atoms with E-state index in [1.807, 2.05) is 13.1 Å². The number of nitrogens with zero attached hydrogens (tertiary/aromatic N) is 1. The average Bonchev–Trinajstić information content (AvgIpc) is 2.39. The van der Waals surface area contributed by atoms with Crippen LogP contribution in [0.4, 0.5) is 5.82 Å². The Morgan fingerprint density at radius 1 is 1.59 bits per heavy atom. The minimum Gasteiger partial charge on any atom is -0.383 e. The zero-order valence-electron chi connectivity index (χ0n) is 10.1. The molecule has 0 bridgehead atoms. The van der Waals surface area contributed by atoms with E-state index in [0.29, 0.717) is 17.1 Å². The second-order valence-corrected chi connectivity index (χ2v) is 6.63. The Balaban J connectivity index is 2.01. The molecular weight excluding hydrogens is 250 g/mol. The zero-order valence-corrected chi connectivity index (χ0v) is 11.7. The summed E-state index contributed by atoms with van der Waals surface area (Å²) in [5.41, 5.74) is 7.06. The Labute approximate surface area is 111 Å². The minimum atomic E-state index is 0.485. The lowest BCUT2D eigenvalue weighted by Crippen LogP contribution is -2.40. The molecule has 1 aromatic heterocycles. The van der Waals surface area contributed by atoms with Gasteiger partial charge in [0, 0.05) is 34.7 Å². The minimum absolute atomic E-state index is 0.485. The summed E-state index contributed by atoms with van der Waals surface area (Å²) in [4.78, 5) is 4.15. The highest BCUT2D eigenvalue weighted by Gasteiger charge is 2.24. The van der Waals surface area contributed by atoms with Gasteiger partial charge in [0.25, 0.3) is 0 Å². The van der Waals surface area contributed by atoms with Gasteiger partial charge < -0.3 is 11.1 Å². The lowest BCUT2D eigenvalue weighted by atomic mass is 10.0. The van der Waals surface area contributed by atoms with Crippen molar-refractivity contribution in [3.05, 3.63) is 23.9 Å². The first-order valence-corrected chi connectivity index (χ1v) is 8.07. The van der Waals surface area contributed by atoms with Crippen molar-refractivity contribution in [1.82, 2.24) is 10.3 Å². The van der Waals surface area contributed by atoms with E-state index in [9.17, 15) is 0 Å². The zero-order chi connectivity index (χ0) is 12.1. The first-order valence-electron chi connectivity index (χ1n) is 5.87. The molecule has 1 saturated heterocycles. The molecule has 3 N–H and O–H groups in total. The van der Waals surface area contributed by atoms with Gasteiger partial charge in [-0.2, -0.15) is 23.5 Å². The first-order chi connectivity index (χ1) is 8.31. The maximum Gasteiger partial charge on any atom is 0.126 e. The molecule has 1 fully saturated rings. The van der Waals surface area contributed by atoms with E-state index in [1.165, 1.54) is 17.3 Å². The molecule has 2 heterocycles. The van der Waals surface area contributed by atoms with E-state index in [-0.39, 0.29) is 0 Å². The predicted octanol–water partition coefficient (Wildman–Crippen LogP) is 1.64. The Morgan fingerprint density at radius 2 is 2.47 bits per heavy atom. The van der Waals surface area contributed by atoms with E-state index in [2.05, 4.69) is 39.9 Å². The monoisotopic (exact) mass is 269 g/mol. The van der Waals surface area contributed by atoms with E-state index < -0.39 is 0 Å². The predicted molar refractivity (Wildman–Crippen MR) is 78.8 cm³/mol. The van der Waals surface area contributed by atoms with Crippen LogP contribution in [0.25, 0.3) is 0 Å². The van der Waals surface area contributed by atoms with Gasteiger partial charge in [0.05, 0.1) is 0 Å². The standard InChI is InChI=1S/C12H19N3S2/c1-14-10(11-8-16-5-6-17-11)7-9-3-2-4-15-12(9)13/h2-4,10-11,14H,5-8H2,1H3,(H2,13,15). The summed E-state index contributed by atoms with van der Waals surface area (Å²) in [6.07, 6.45) is 2.72. The summed E-state index contributed by atoms with van der Waals surface area (Å²) in [5.74, 6) is 4.44. The number of thioether (sulfide) groups is 2.